The molecule has 4 saturated carbocycles. The first kappa shape index (κ1) is 21.6. The summed E-state index contributed by atoms with van der Waals surface area (Å²) < 4.78 is 0. The zero-order valence-corrected chi connectivity index (χ0v) is 18.3. The van der Waals surface area contributed by atoms with Crippen molar-refractivity contribution in [3.63, 3.8) is 0 Å². The molecule has 0 aromatic heterocycles. The maximum absolute atomic E-state index is 11.5. The van der Waals surface area contributed by atoms with E-state index in [1.165, 1.54) is 0 Å². The standard InChI is InChI=1S/C24H40O5/c1-13(4-7-21(28)29)16-5-6-17-22-18(12-20(27)24(16,17)3)23(2)9-8-15(25)10-14(23)11-19(22)26/h13-20,22,25-27H,4-12H2,1-3H3,(H,28,29)/t13-,14-,15-,16-,17+,18+,19+,20+,22+,23+,24-/m1/s1. The van der Waals surface area contributed by atoms with Gasteiger partial charge in [0.15, 0.2) is 0 Å². The van der Waals surface area contributed by atoms with Gasteiger partial charge in [-0.2, -0.15) is 0 Å². The Morgan fingerprint density at radius 3 is 2.45 bits per heavy atom. The Bertz CT molecular complexity index is 637. The van der Waals surface area contributed by atoms with E-state index < -0.39 is 12.1 Å². The van der Waals surface area contributed by atoms with Crippen LogP contribution in [0.5, 0.6) is 0 Å². The van der Waals surface area contributed by atoms with Gasteiger partial charge >= 0.3 is 5.97 Å². The number of aliphatic hydroxyl groups excluding tert-OH is 3. The van der Waals surface area contributed by atoms with Crippen LogP contribution in [0.15, 0.2) is 0 Å². The number of fused-ring (bicyclic) bond motifs is 5. The average molecular weight is 409 g/mol. The van der Waals surface area contributed by atoms with Gasteiger partial charge in [0.05, 0.1) is 18.3 Å². The molecule has 4 rings (SSSR count). The highest BCUT2D eigenvalue weighted by molar-refractivity contribution is 5.66. The Morgan fingerprint density at radius 2 is 1.76 bits per heavy atom. The molecule has 166 valence electrons. The fourth-order valence-corrected chi connectivity index (χ4v) is 8.68. The second-order valence-electron chi connectivity index (χ2n) is 11.4. The molecule has 0 radical (unpaired) electrons. The highest BCUT2D eigenvalue weighted by Gasteiger charge is 2.65. The van der Waals surface area contributed by atoms with Crippen LogP contribution in [0.25, 0.3) is 0 Å². The lowest BCUT2D eigenvalue weighted by molar-refractivity contribution is -0.207. The van der Waals surface area contributed by atoms with Crippen LogP contribution in [0.1, 0.15) is 78.6 Å². The third-order valence-corrected chi connectivity index (χ3v) is 10.3. The summed E-state index contributed by atoms with van der Waals surface area (Å²) in [6.07, 6.45) is 6.00. The summed E-state index contributed by atoms with van der Waals surface area (Å²) >= 11 is 0. The number of carbonyl (C=O) groups is 1. The minimum atomic E-state index is -0.748. The van der Waals surface area contributed by atoms with Crippen molar-refractivity contribution in [3.05, 3.63) is 0 Å². The number of aliphatic hydroxyl groups is 3. The van der Waals surface area contributed by atoms with E-state index in [2.05, 4.69) is 20.8 Å². The van der Waals surface area contributed by atoms with Crippen LogP contribution < -0.4 is 0 Å². The van der Waals surface area contributed by atoms with Crippen molar-refractivity contribution >= 4 is 5.97 Å². The molecule has 11 atom stereocenters. The van der Waals surface area contributed by atoms with Gasteiger partial charge in [0.2, 0.25) is 0 Å². The van der Waals surface area contributed by atoms with Gasteiger partial charge in [-0.3, -0.25) is 4.79 Å². The molecule has 5 nitrogen and oxygen atoms in total. The van der Waals surface area contributed by atoms with E-state index in [-0.39, 0.29) is 41.3 Å². The molecule has 4 N–H and O–H groups in total. The van der Waals surface area contributed by atoms with Gasteiger partial charge in [0.25, 0.3) is 0 Å². The van der Waals surface area contributed by atoms with E-state index in [0.29, 0.717) is 30.1 Å². The first-order valence-electron chi connectivity index (χ1n) is 11.8. The fourth-order valence-electron chi connectivity index (χ4n) is 8.68. The minimum Gasteiger partial charge on any atom is -0.481 e. The molecule has 0 aromatic rings. The molecule has 4 aliphatic rings. The van der Waals surface area contributed by atoms with Crippen molar-refractivity contribution in [3.8, 4) is 0 Å². The molecule has 0 aliphatic heterocycles. The summed E-state index contributed by atoms with van der Waals surface area (Å²) in [6, 6.07) is 0. The van der Waals surface area contributed by atoms with Crippen LogP contribution in [-0.4, -0.2) is 44.7 Å². The number of hydrogen-bond donors (Lipinski definition) is 4. The number of carboxylic acids is 1. The van der Waals surface area contributed by atoms with E-state index >= 15 is 0 Å². The highest BCUT2D eigenvalue weighted by atomic mass is 16.4. The van der Waals surface area contributed by atoms with Crippen molar-refractivity contribution in [1.29, 1.82) is 0 Å². The Morgan fingerprint density at radius 1 is 1.03 bits per heavy atom. The molecule has 29 heavy (non-hydrogen) atoms. The second-order valence-corrected chi connectivity index (χ2v) is 11.4. The molecular formula is C24H40O5. The van der Waals surface area contributed by atoms with Crippen LogP contribution in [-0.2, 0) is 4.79 Å². The van der Waals surface area contributed by atoms with Gasteiger partial charge in [-0.1, -0.05) is 20.8 Å². The van der Waals surface area contributed by atoms with E-state index in [1.807, 2.05) is 0 Å². The quantitative estimate of drug-likeness (QED) is 0.571. The SMILES string of the molecule is C[C@H](CCC(=O)O)[C@H]1CC[C@H]2[C@@H]3[C@@H](O)C[C@H]4C[C@H](O)CC[C@]4(C)[C@H]3C[C@H](O)[C@]12C. The van der Waals surface area contributed by atoms with Crippen LogP contribution in [0.4, 0.5) is 0 Å². The van der Waals surface area contributed by atoms with Crippen LogP contribution in [0, 0.1) is 46.3 Å². The average Bonchev–Trinajstić information content (AvgIpc) is 3.01. The first-order chi connectivity index (χ1) is 13.6. The van der Waals surface area contributed by atoms with Gasteiger partial charge in [-0.05, 0) is 97.7 Å². The highest BCUT2D eigenvalue weighted by Crippen LogP contribution is 2.68. The molecule has 4 aliphatic carbocycles. The predicted octanol–water partition coefficient (Wildman–Crippen LogP) is 3.45. The van der Waals surface area contributed by atoms with Crippen LogP contribution >= 0.6 is 0 Å². The molecule has 0 aromatic carbocycles. The molecule has 4 fully saturated rings. The topological polar surface area (TPSA) is 98.0 Å². The molecule has 0 saturated heterocycles. The number of rotatable bonds is 4. The lowest BCUT2D eigenvalue weighted by Crippen LogP contribution is -2.62. The molecule has 0 heterocycles. The van der Waals surface area contributed by atoms with E-state index in [4.69, 9.17) is 5.11 Å². The summed E-state index contributed by atoms with van der Waals surface area (Å²) in [5.41, 5.74) is -0.143. The van der Waals surface area contributed by atoms with Crippen LogP contribution in [0.3, 0.4) is 0 Å². The summed E-state index contributed by atoms with van der Waals surface area (Å²) in [5, 5.41) is 42.0. The lowest BCUT2D eigenvalue weighted by Gasteiger charge is -2.63. The van der Waals surface area contributed by atoms with Gasteiger partial charge in [0, 0.05) is 6.42 Å². The predicted molar refractivity (Wildman–Crippen MR) is 110 cm³/mol. The third-order valence-electron chi connectivity index (χ3n) is 10.3. The summed E-state index contributed by atoms with van der Waals surface area (Å²) in [4.78, 5) is 11.1. The molecular weight excluding hydrogens is 368 g/mol. The van der Waals surface area contributed by atoms with Crippen molar-refractivity contribution in [1.82, 2.24) is 0 Å². The van der Waals surface area contributed by atoms with Crippen molar-refractivity contribution in [2.45, 2.75) is 96.9 Å². The molecule has 0 spiro atoms. The Balaban J connectivity index is 1.61. The molecule has 5 heteroatoms. The fraction of sp³-hybridized carbons (Fsp3) is 0.958. The van der Waals surface area contributed by atoms with E-state index in [0.717, 1.165) is 44.9 Å². The van der Waals surface area contributed by atoms with Crippen molar-refractivity contribution in [2.75, 3.05) is 0 Å². The minimum absolute atomic E-state index is 0.0957. The van der Waals surface area contributed by atoms with Crippen LogP contribution in [0.2, 0.25) is 0 Å². The second kappa shape index (κ2) is 7.49. The summed E-state index contributed by atoms with van der Waals surface area (Å²) in [5.74, 6) is 0.997. The van der Waals surface area contributed by atoms with Gasteiger partial charge in [-0.15, -0.1) is 0 Å². The number of hydrogen-bond acceptors (Lipinski definition) is 4. The summed E-state index contributed by atoms with van der Waals surface area (Å²) in [6.45, 7) is 6.72. The first-order valence-corrected chi connectivity index (χ1v) is 11.8. The maximum atomic E-state index is 11.5. The Labute approximate surface area is 174 Å². The maximum Gasteiger partial charge on any atom is 0.303 e. The Hall–Kier alpha value is -0.650. The molecule has 0 bridgehead atoms. The zero-order valence-electron chi connectivity index (χ0n) is 18.3. The van der Waals surface area contributed by atoms with Crippen molar-refractivity contribution < 1.29 is 25.2 Å². The van der Waals surface area contributed by atoms with Gasteiger partial charge in [0.1, 0.15) is 0 Å². The van der Waals surface area contributed by atoms with Gasteiger partial charge in [-0.25, -0.2) is 0 Å². The normalized spacial score (nSPS) is 52.9. The van der Waals surface area contributed by atoms with E-state index in [9.17, 15) is 20.1 Å². The monoisotopic (exact) mass is 408 g/mol. The number of aliphatic carboxylic acids is 1. The van der Waals surface area contributed by atoms with Crippen molar-refractivity contribution in [2.24, 2.45) is 46.3 Å². The largest absolute Gasteiger partial charge is 0.481 e. The lowest BCUT2D eigenvalue weighted by atomic mass is 9.43. The van der Waals surface area contributed by atoms with Gasteiger partial charge < -0.3 is 20.4 Å². The number of carboxylic acid groups (broad SMARTS) is 1. The zero-order chi connectivity index (χ0) is 21.1. The molecule has 0 unspecified atom stereocenters. The smallest absolute Gasteiger partial charge is 0.303 e. The third kappa shape index (κ3) is 3.27. The summed E-state index contributed by atoms with van der Waals surface area (Å²) in [7, 11) is 0. The molecule has 0 amide bonds. The van der Waals surface area contributed by atoms with E-state index in [1.54, 1.807) is 0 Å². The Kier molecular flexibility index (Phi) is 5.57.